The fourth-order valence-electron chi connectivity index (χ4n) is 0.370. The second kappa shape index (κ2) is 3.11. The van der Waals surface area contributed by atoms with Gasteiger partial charge in [-0.3, -0.25) is 10.1 Å². The van der Waals surface area contributed by atoms with E-state index >= 15 is 0 Å². The predicted molar refractivity (Wildman–Crippen MR) is 42.7 cm³/mol. The van der Waals surface area contributed by atoms with Gasteiger partial charge in [-0.05, 0) is 13.8 Å². The van der Waals surface area contributed by atoms with Gasteiger partial charge in [0.05, 0.1) is 0 Å². The summed E-state index contributed by atoms with van der Waals surface area (Å²) in [6.45, 7) is 2.49. The van der Waals surface area contributed by atoms with E-state index < -0.39 is 20.5 Å². The van der Waals surface area contributed by atoms with Gasteiger partial charge in [-0.25, -0.2) is 8.42 Å². The Hall–Kier alpha value is -1.09. The molecule has 0 aliphatic rings. The van der Waals surface area contributed by atoms with Crippen LogP contribution in [-0.4, -0.2) is 25.3 Å². The third-order valence-electron chi connectivity index (χ3n) is 1.64. The van der Waals surface area contributed by atoms with Crippen molar-refractivity contribution in [3.63, 3.8) is 0 Å². The minimum absolute atomic E-state index is 0.812. The Morgan fingerprint density at radius 2 is 1.92 bits per heavy atom. The van der Waals surface area contributed by atoms with Crippen LogP contribution in [0.4, 0.5) is 0 Å². The summed E-state index contributed by atoms with van der Waals surface area (Å²) in [7, 11) is -3.49. The van der Waals surface area contributed by atoms with Crippen molar-refractivity contribution in [3.8, 4) is 6.19 Å². The molecule has 0 aromatic carbocycles. The first-order chi connectivity index (χ1) is 5.23. The van der Waals surface area contributed by atoms with Gasteiger partial charge in [0.15, 0.2) is 16.0 Å². The normalized spacial score (nSPS) is 11.8. The van der Waals surface area contributed by atoms with E-state index in [1.165, 1.54) is 20.0 Å². The fraction of sp³-hybridized carbons (Fsp3) is 0.667. The molecule has 1 N–H and O–H groups in total. The lowest BCUT2D eigenvalue weighted by Crippen LogP contribution is -2.46. The Labute approximate surface area is 71.3 Å². The second-order valence-electron chi connectivity index (χ2n) is 2.85. The van der Waals surface area contributed by atoms with Crippen molar-refractivity contribution in [1.82, 2.24) is 5.32 Å². The molecule has 0 saturated heterocycles. The largest absolute Gasteiger partial charge is 0.272 e. The number of hydrogen-bond acceptors (Lipinski definition) is 4. The van der Waals surface area contributed by atoms with Crippen molar-refractivity contribution in [2.24, 2.45) is 0 Å². The zero-order valence-corrected chi connectivity index (χ0v) is 7.90. The zero-order chi connectivity index (χ0) is 9.99. The molecule has 0 bridgehead atoms. The Morgan fingerprint density at radius 3 is 2.17 bits per heavy atom. The lowest BCUT2D eigenvalue weighted by Gasteiger charge is -2.18. The number of carbonyl (C=O) groups excluding carboxylic acids is 1. The second-order valence-corrected chi connectivity index (χ2v) is 5.41. The molecule has 0 aliphatic heterocycles. The van der Waals surface area contributed by atoms with E-state index in [2.05, 4.69) is 0 Å². The van der Waals surface area contributed by atoms with Crippen LogP contribution in [0.3, 0.4) is 0 Å². The van der Waals surface area contributed by atoms with Crippen LogP contribution in [0.1, 0.15) is 13.8 Å². The molecule has 0 atom stereocenters. The summed E-state index contributed by atoms with van der Waals surface area (Å²) in [5.41, 5.74) is 0. The molecule has 12 heavy (non-hydrogen) atoms. The van der Waals surface area contributed by atoms with E-state index in [1.54, 1.807) is 5.32 Å². The van der Waals surface area contributed by atoms with Gasteiger partial charge >= 0.3 is 0 Å². The molecule has 68 valence electrons. The monoisotopic (exact) mass is 190 g/mol. The number of carbonyl (C=O) groups is 1. The van der Waals surface area contributed by atoms with Gasteiger partial charge in [0.25, 0.3) is 5.91 Å². The maximum Gasteiger partial charge on any atom is 0.253 e. The molecule has 0 heterocycles. The highest BCUT2D eigenvalue weighted by Crippen LogP contribution is 2.14. The highest BCUT2D eigenvalue weighted by molar-refractivity contribution is 7.92. The summed E-state index contributed by atoms with van der Waals surface area (Å²) < 4.78 is 20.4. The lowest BCUT2D eigenvalue weighted by atomic mass is 10.2. The third-order valence-corrected chi connectivity index (χ3v) is 3.68. The first kappa shape index (κ1) is 10.9. The summed E-state index contributed by atoms with van der Waals surface area (Å²) in [5, 5.41) is 9.87. The third kappa shape index (κ3) is 1.95. The standard InChI is InChI=1S/C6H10N2O3S/c1-6(2,12(3,10)11)5(9)8-4-7/h1-3H3,(H,8,9). The number of nitrogens with zero attached hydrogens (tertiary/aromatic N) is 1. The summed E-state index contributed by atoms with van der Waals surface area (Å²) in [4.78, 5) is 11.0. The first-order valence-corrected chi connectivity index (χ1v) is 5.01. The number of hydrogen-bond donors (Lipinski definition) is 1. The van der Waals surface area contributed by atoms with Crippen molar-refractivity contribution in [3.05, 3.63) is 0 Å². The van der Waals surface area contributed by atoms with E-state index in [0.29, 0.717) is 0 Å². The molecule has 0 aromatic rings. The Balaban J connectivity index is 4.91. The molecule has 0 rings (SSSR count). The Kier molecular flexibility index (Phi) is 2.83. The maximum absolute atomic E-state index is 11.0. The molecular weight excluding hydrogens is 180 g/mol. The van der Waals surface area contributed by atoms with Crippen LogP contribution in [0.15, 0.2) is 0 Å². The summed E-state index contributed by atoms with van der Waals surface area (Å²) in [6, 6.07) is 0. The van der Waals surface area contributed by atoms with Gasteiger partial charge in [-0.1, -0.05) is 0 Å². The molecule has 0 fully saturated rings. The van der Waals surface area contributed by atoms with Crippen LogP contribution in [0.5, 0.6) is 0 Å². The molecule has 0 unspecified atom stereocenters. The van der Waals surface area contributed by atoms with E-state index in [9.17, 15) is 13.2 Å². The minimum atomic E-state index is -3.49. The van der Waals surface area contributed by atoms with Crippen molar-refractivity contribution < 1.29 is 13.2 Å². The lowest BCUT2D eigenvalue weighted by molar-refractivity contribution is -0.121. The average molecular weight is 190 g/mol. The number of sulfone groups is 1. The zero-order valence-electron chi connectivity index (χ0n) is 7.08. The van der Waals surface area contributed by atoms with Gasteiger partial charge in [-0.15, -0.1) is 0 Å². The van der Waals surface area contributed by atoms with Crippen LogP contribution in [0, 0.1) is 11.5 Å². The minimum Gasteiger partial charge on any atom is -0.272 e. The van der Waals surface area contributed by atoms with E-state index in [1.807, 2.05) is 0 Å². The maximum atomic E-state index is 11.0. The fourth-order valence-corrected chi connectivity index (χ4v) is 0.757. The van der Waals surface area contributed by atoms with Crippen molar-refractivity contribution in [1.29, 1.82) is 5.26 Å². The SMILES string of the molecule is CC(C)(C(=O)NC#N)S(C)(=O)=O. The van der Waals surface area contributed by atoms with Crippen LogP contribution in [-0.2, 0) is 14.6 Å². The van der Waals surface area contributed by atoms with Gasteiger partial charge < -0.3 is 0 Å². The van der Waals surface area contributed by atoms with Crippen LogP contribution in [0.25, 0.3) is 0 Å². The van der Waals surface area contributed by atoms with Gasteiger partial charge in [0, 0.05) is 6.26 Å². The smallest absolute Gasteiger partial charge is 0.253 e. The topological polar surface area (TPSA) is 87.0 Å². The predicted octanol–water partition coefficient (Wildman–Crippen LogP) is -0.593. The number of rotatable bonds is 2. The molecule has 0 saturated carbocycles. The van der Waals surface area contributed by atoms with E-state index in [-0.39, 0.29) is 0 Å². The molecule has 1 amide bonds. The first-order valence-electron chi connectivity index (χ1n) is 3.12. The molecule has 5 nitrogen and oxygen atoms in total. The molecule has 0 aliphatic carbocycles. The molecule has 0 radical (unpaired) electrons. The summed E-state index contributed by atoms with van der Waals surface area (Å²) in [5.74, 6) is -0.812. The van der Waals surface area contributed by atoms with Crippen molar-refractivity contribution in [2.75, 3.05) is 6.26 Å². The number of nitriles is 1. The van der Waals surface area contributed by atoms with Crippen LogP contribution in [0.2, 0.25) is 0 Å². The highest BCUT2D eigenvalue weighted by Gasteiger charge is 2.38. The van der Waals surface area contributed by atoms with Gasteiger partial charge in [-0.2, -0.15) is 5.26 Å². The Morgan fingerprint density at radius 1 is 1.50 bits per heavy atom. The molecule has 0 aromatic heterocycles. The summed E-state index contributed by atoms with van der Waals surface area (Å²) >= 11 is 0. The highest BCUT2D eigenvalue weighted by atomic mass is 32.2. The van der Waals surface area contributed by atoms with Crippen LogP contribution >= 0.6 is 0 Å². The van der Waals surface area contributed by atoms with Crippen molar-refractivity contribution >= 4 is 15.7 Å². The Bertz CT molecular complexity index is 323. The number of amides is 1. The molecular formula is C6H10N2O3S. The van der Waals surface area contributed by atoms with Gasteiger partial charge in [0.2, 0.25) is 0 Å². The molecule has 0 spiro atoms. The molecule has 6 heteroatoms. The van der Waals surface area contributed by atoms with Crippen molar-refractivity contribution in [2.45, 2.75) is 18.6 Å². The quantitative estimate of drug-likeness (QED) is 0.465. The number of nitrogens with one attached hydrogen (secondary N) is 1. The van der Waals surface area contributed by atoms with Gasteiger partial charge in [0.1, 0.15) is 4.75 Å². The van der Waals surface area contributed by atoms with E-state index in [4.69, 9.17) is 5.26 Å². The average Bonchev–Trinajstić information content (AvgIpc) is 1.85. The van der Waals surface area contributed by atoms with E-state index in [0.717, 1.165) is 6.26 Å². The van der Waals surface area contributed by atoms with Crippen LogP contribution < -0.4 is 5.32 Å². The summed E-state index contributed by atoms with van der Waals surface area (Å²) in [6.07, 6.45) is 2.33.